The van der Waals surface area contributed by atoms with Crippen molar-refractivity contribution < 1.29 is 32.6 Å². The van der Waals surface area contributed by atoms with E-state index in [-0.39, 0.29) is 0 Å². The molecule has 2 atom stereocenters. The molecular formula is C10H9F4NO3. The molecule has 18 heavy (non-hydrogen) atoms. The average molecular weight is 267 g/mol. The molecule has 0 fully saturated rings. The Hall–Kier alpha value is -1.67. The van der Waals surface area contributed by atoms with Gasteiger partial charge in [0.15, 0.2) is 0 Å². The number of carboxylic acids is 1. The smallest absolute Gasteiger partial charge is 0.416 e. The van der Waals surface area contributed by atoms with Crippen LogP contribution in [-0.2, 0) is 11.0 Å². The highest BCUT2D eigenvalue weighted by Gasteiger charge is 2.33. The van der Waals surface area contributed by atoms with Crippen molar-refractivity contribution in [3.8, 4) is 0 Å². The molecule has 100 valence electrons. The SMILES string of the molecule is NC(C(=O)O)C(O)c1cc(C(F)(F)F)ccc1F. The molecule has 0 saturated heterocycles. The molecule has 0 amide bonds. The number of alkyl halides is 3. The van der Waals surface area contributed by atoms with E-state index in [2.05, 4.69) is 0 Å². The zero-order chi connectivity index (χ0) is 14.1. The van der Waals surface area contributed by atoms with Crippen LogP contribution < -0.4 is 5.73 Å². The Labute approximate surface area is 98.6 Å². The Bertz CT molecular complexity index is 461. The molecule has 4 N–H and O–H groups in total. The highest BCUT2D eigenvalue weighted by atomic mass is 19.4. The molecule has 4 nitrogen and oxygen atoms in total. The summed E-state index contributed by atoms with van der Waals surface area (Å²) in [7, 11) is 0. The first kappa shape index (κ1) is 14.4. The van der Waals surface area contributed by atoms with Gasteiger partial charge < -0.3 is 15.9 Å². The number of hydrogen-bond donors (Lipinski definition) is 3. The third kappa shape index (κ3) is 2.96. The maximum Gasteiger partial charge on any atom is 0.416 e. The summed E-state index contributed by atoms with van der Waals surface area (Å²) in [4.78, 5) is 10.5. The van der Waals surface area contributed by atoms with Gasteiger partial charge in [0.1, 0.15) is 18.0 Å². The fraction of sp³-hybridized carbons (Fsp3) is 0.300. The van der Waals surface area contributed by atoms with Gasteiger partial charge in [0.25, 0.3) is 0 Å². The molecule has 0 aliphatic carbocycles. The lowest BCUT2D eigenvalue weighted by Gasteiger charge is -2.17. The molecule has 1 rings (SSSR count). The van der Waals surface area contributed by atoms with E-state index in [1.807, 2.05) is 0 Å². The van der Waals surface area contributed by atoms with Crippen LogP contribution in [0.15, 0.2) is 18.2 Å². The Balaban J connectivity index is 3.20. The van der Waals surface area contributed by atoms with E-state index < -0.39 is 41.2 Å². The summed E-state index contributed by atoms with van der Waals surface area (Å²) in [6.07, 6.45) is -6.79. The molecule has 1 aromatic rings. The van der Waals surface area contributed by atoms with Crippen LogP contribution in [0.1, 0.15) is 17.2 Å². The van der Waals surface area contributed by atoms with Crippen LogP contribution in [0.25, 0.3) is 0 Å². The van der Waals surface area contributed by atoms with E-state index in [4.69, 9.17) is 10.8 Å². The molecule has 2 unspecified atom stereocenters. The number of carbonyl (C=O) groups is 1. The molecule has 1 aromatic carbocycles. The van der Waals surface area contributed by atoms with Crippen LogP contribution in [0.4, 0.5) is 17.6 Å². The molecule has 0 aromatic heterocycles. The van der Waals surface area contributed by atoms with Crippen LogP contribution in [0.5, 0.6) is 0 Å². The summed E-state index contributed by atoms with van der Waals surface area (Å²) in [5.74, 6) is -2.81. The molecule has 0 aliphatic rings. The minimum atomic E-state index is -4.73. The first-order chi connectivity index (χ1) is 8.14. The van der Waals surface area contributed by atoms with Crippen LogP contribution >= 0.6 is 0 Å². The molecule has 0 saturated carbocycles. The lowest BCUT2D eigenvalue weighted by molar-refractivity contribution is -0.141. The number of aliphatic hydroxyl groups excluding tert-OH is 1. The van der Waals surface area contributed by atoms with E-state index in [0.717, 1.165) is 0 Å². The second-order valence-corrected chi connectivity index (χ2v) is 3.54. The molecule has 0 radical (unpaired) electrons. The quantitative estimate of drug-likeness (QED) is 0.720. The minimum absolute atomic E-state index is 0.336. The number of benzene rings is 1. The summed E-state index contributed by atoms with van der Waals surface area (Å²) in [5, 5.41) is 17.9. The van der Waals surface area contributed by atoms with Crippen LogP contribution in [0.2, 0.25) is 0 Å². The number of aliphatic hydroxyl groups is 1. The van der Waals surface area contributed by atoms with Gasteiger partial charge in [-0.25, -0.2) is 4.39 Å². The number of carboxylic acid groups (broad SMARTS) is 1. The second-order valence-electron chi connectivity index (χ2n) is 3.54. The highest BCUT2D eigenvalue weighted by molar-refractivity contribution is 5.74. The van der Waals surface area contributed by atoms with Gasteiger partial charge in [-0.15, -0.1) is 0 Å². The fourth-order valence-corrected chi connectivity index (χ4v) is 1.28. The monoisotopic (exact) mass is 267 g/mol. The van der Waals surface area contributed by atoms with Gasteiger partial charge in [-0.05, 0) is 18.2 Å². The van der Waals surface area contributed by atoms with Gasteiger partial charge in [-0.2, -0.15) is 13.2 Å². The van der Waals surface area contributed by atoms with E-state index >= 15 is 0 Å². The largest absolute Gasteiger partial charge is 0.480 e. The van der Waals surface area contributed by atoms with Gasteiger partial charge in [0, 0.05) is 5.56 Å². The Morgan fingerprint density at radius 2 is 1.89 bits per heavy atom. The van der Waals surface area contributed by atoms with E-state index in [1.165, 1.54) is 0 Å². The number of hydrogen-bond acceptors (Lipinski definition) is 3. The van der Waals surface area contributed by atoms with Crippen molar-refractivity contribution in [2.45, 2.75) is 18.3 Å². The molecule has 0 spiro atoms. The fourth-order valence-electron chi connectivity index (χ4n) is 1.28. The van der Waals surface area contributed by atoms with Gasteiger partial charge in [-0.3, -0.25) is 4.79 Å². The molecule has 0 heterocycles. The summed E-state index contributed by atoms with van der Waals surface area (Å²) >= 11 is 0. The second kappa shape index (κ2) is 4.91. The normalized spacial score (nSPS) is 15.2. The Kier molecular flexibility index (Phi) is 3.92. The van der Waals surface area contributed by atoms with E-state index in [1.54, 1.807) is 0 Å². The lowest BCUT2D eigenvalue weighted by atomic mass is 10.00. The van der Waals surface area contributed by atoms with Crippen molar-refractivity contribution in [1.29, 1.82) is 0 Å². The minimum Gasteiger partial charge on any atom is -0.480 e. The molecule has 0 aliphatic heterocycles. The van der Waals surface area contributed by atoms with Crippen molar-refractivity contribution in [3.63, 3.8) is 0 Å². The van der Waals surface area contributed by atoms with E-state index in [0.29, 0.717) is 18.2 Å². The molecule has 0 bridgehead atoms. The number of rotatable bonds is 3. The molecule has 8 heteroatoms. The van der Waals surface area contributed by atoms with Gasteiger partial charge in [-0.1, -0.05) is 0 Å². The van der Waals surface area contributed by atoms with Gasteiger partial charge in [0.05, 0.1) is 5.56 Å². The standard InChI is InChI=1S/C10H9F4NO3/c11-6-2-1-4(10(12,13)14)3-5(6)8(16)7(15)9(17)18/h1-3,7-8,16H,15H2,(H,17,18). The highest BCUT2D eigenvalue weighted by Crippen LogP contribution is 2.32. The van der Waals surface area contributed by atoms with Gasteiger partial charge >= 0.3 is 12.1 Å². The third-order valence-corrected chi connectivity index (χ3v) is 2.27. The lowest BCUT2D eigenvalue weighted by Crippen LogP contribution is -2.37. The Morgan fingerprint density at radius 1 is 1.33 bits per heavy atom. The van der Waals surface area contributed by atoms with Crippen molar-refractivity contribution in [2.75, 3.05) is 0 Å². The Morgan fingerprint density at radius 3 is 2.33 bits per heavy atom. The van der Waals surface area contributed by atoms with Crippen LogP contribution in [-0.4, -0.2) is 22.2 Å². The van der Waals surface area contributed by atoms with Crippen molar-refractivity contribution in [3.05, 3.63) is 35.1 Å². The van der Waals surface area contributed by atoms with Gasteiger partial charge in [0.2, 0.25) is 0 Å². The first-order valence-corrected chi connectivity index (χ1v) is 4.67. The predicted octanol–water partition coefficient (Wildman–Crippen LogP) is 1.29. The topological polar surface area (TPSA) is 83.6 Å². The van der Waals surface area contributed by atoms with Crippen molar-refractivity contribution in [2.24, 2.45) is 5.73 Å². The number of aliphatic carboxylic acids is 1. The zero-order valence-electron chi connectivity index (χ0n) is 8.78. The predicted molar refractivity (Wildman–Crippen MR) is 52.0 cm³/mol. The van der Waals surface area contributed by atoms with E-state index in [9.17, 15) is 27.5 Å². The van der Waals surface area contributed by atoms with Crippen LogP contribution in [0.3, 0.4) is 0 Å². The zero-order valence-corrected chi connectivity index (χ0v) is 8.78. The summed E-state index contributed by atoms with van der Waals surface area (Å²) < 4.78 is 50.4. The maximum atomic E-state index is 13.3. The summed E-state index contributed by atoms with van der Waals surface area (Å²) in [5.41, 5.74) is 3.02. The maximum absolute atomic E-state index is 13.3. The summed E-state index contributed by atoms with van der Waals surface area (Å²) in [6, 6.07) is -0.598. The van der Waals surface area contributed by atoms with Crippen LogP contribution in [0, 0.1) is 5.82 Å². The number of halogens is 4. The summed E-state index contributed by atoms with van der Waals surface area (Å²) in [6.45, 7) is 0. The number of nitrogens with two attached hydrogens (primary N) is 1. The van der Waals surface area contributed by atoms with Crippen molar-refractivity contribution >= 4 is 5.97 Å². The first-order valence-electron chi connectivity index (χ1n) is 4.67. The average Bonchev–Trinajstić information content (AvgIpc) is 2.26. The van der Waals surface area contributed by atoms with Crippen molar-refractivity contribution in [1.82, 2.24) is 0 Å². The third-order valence-electron chi connectivity index (χ3n) is 2.27. The molecular weight excluding hydrogens is 258 g/mol.